The quantitative estimate of drug-likeness (QED) is 0.246. The average Bonchev–Trinajstić information content (AvgIpc) is 2.15. The molecule has 0 aliphatic heterocycles. The van der Waals surface area contributed by atoms with E-state index in [1.807, 2.05) is 52.5 Å². The molecular weight excluding hydrogens is 355 g/mol. The third-order valence-corrected chi connectivity index (χ3v) is 3.73. The zero-order valence-corrected chi connectivity index (χ0v) is 13.8. The van der Waals surface area contributed by atoms with Crippen molar-refractivity contribution in [1.82, 2.24) is 4.90 Å². The summed E-state index contributed by atoms with van der Waals surface area (Å²) in [5.41, 5.74) is 0. The highest BCUT2D eigenvalue weighted by Gasteiger charge is 2.15. The van der Waals surface area contributed by atoms with Gasteiger partial charge in [-0.2, -0.15) is 0 Å². The van der Waals surface area contributed by atoms with Crippen molar-refractivity contribution in [2.24, 2.45) is 0 Å². The van der Waals surface area contributed by atoms with Gasteiger partial charge in [-0.1, -0.05) is 23.7 Å². The summed E-state index contributed by atoms with van der Waals surface area (Å²) in [6.07, 6.45) is 0. The summed E-state index contributed by atoms with van der Waals surface area (Å²) >= 11 is 7.77. The van der Waals surface area contributed by atoms with E-state index in [1.165, 1.54) is 0 Å². The third kappa shape index (κ3) is 4.51. The molecule has 0 atom stereocenters. The van der Waals surface area contributed by atoms with Gasteiger partial charge in [0.05, 0.1) is 33.2 Å². The zero-order chi connectivity index (χ0) is 11.4. The molecule has 0 saturated carbocycles. The number of thioether (sulfide) groups is 1. The molecule has 16 heavy (non-hydrogen) atoms. The van der Waals surface area contributed by atoms with E-state index in [2.05, 4.69) is 9.48 Å². The van der Waals surface area contributed by atoms with E-state index in [0.717, 1.165) is 15.1 Å². The standard InChI is InChI=1S/C11H16ClN2S.HI/c1-13(2)11(14(3)4)15-10-8-6-5-7-9(10)12;/h5-8H,1-4H3;1H/q+1;. The van der Waals surface area contributed by atoms with Crippen molar-refractivity contribution in [3.63, 3.8) is 0 Å². The van der Waals surface area contributed by atoms with Crippen LogP contribution in [-0.4, -0.2) is 42.8 Å². The van der Waals surface area contributed by atoms with Crippen molar-refractivity contribution in [3.8, 4) is 0 Å². The summed E-state index contributed by atoms with van der Waals surface area (Å²) in [5.74, 6) is 0. The second-order valence-electron chi connectivity index (χ2n) is 3.60. The molecule has 0 aromatic heterocycles. The lowest BCUT2D eigenvalue weighted by Gasteiger charge is -2.10. The van der Waals surface area contributed by atoms with Crippen LogP contribution in [0.4, 0.5) is 0 Å². The van der Waals surface area contributed by atoms with Gasteiger partial charge < -0.3 is 0 Å². The molecular formula is C11H17ClIN2S+. The highest BCUT2D eigenvalue weighted by molar-refractivity contribution is 14.0. The van der Waals surface area contributed by atoms with E-state index in [-0.39, 0.29) is 24.0 Å². The molecule has 1 aromatic rings. The van der Waals surface area contributed by atoms with E-state index < -0.39 is 0 Å². The molecule has 0 bridgehead atoms. The van der Waals surface area contributed by atoms with E-state index in [4.69, 9.17) is 11.6 Å². The molecule has 0 saturated heterocycles. The number of amidine groups is 1. The van der Waals surface area contributed by atoms with Gasteiger partial charge in [0.25, 0.3) is 0 Å². The summed E-state index contributed by atoms with van der Waals surface area (Å²) < 4.78 is 2.08. The highest BCUT2D eigenvalue weighted by Crippen LogP contribution is 2.27. The summed E-state index contributed by atoms with van der Waals surface area (Å²) in [4.78, 5) is 3.16. The Morgan fingerprint density at radius 3 is 2.25 bits per heavy atom. The van der Waals surface area contributed by atoms with Crippen molar-refractivity contribution >= 4 is 52.5 Å². The molecule has 0 N–H and O–H groups in total. The Labute approximate surface area is 124 Å². The summed E-state index contributed by atoms with van der Waals surface area (Å²) in [7, 11) is 8.11. The lowest BCUT2D eigenvalue weighted by molar-refractivity contribution is -0.466. The first kappa shape index (κ1) is 16.1. The van der Waals surface area contributed by atoms with Crippen LogP contribution in [0.25, 0.3) is 0 Å². The number of hydrogen-bond donors (Lipinski definition) is 0. The number of rotatable bonds is 1. The number of hydrogen-bond acceptors (Lipinski definition) is 1. The molecule has 0 spiro atoms. The first-order chi connectivity index (χ1) is 7.02. The molecule has 0 unspecified atom stereocenters. The maximum absolute atomic E-state index is 6.11. The van der Waals surface area contributed by atoms with E-state index in [0.29, 0.717) is 0 Å². The minimum Gasteiger partial charge on any atom is -0.261 e. The van der Waals surface area contributed by atoms with Crippen LogP contribution >= 0.6 is 47.3 Å². The fourth-order valence-corrected chi connectivity index (χ4v) is 2.33. The number of benzene rings is 1. The molecule has 5 heteroatoms. The molecule has 0 heterocycles. The van der Waals surface area contributed by atoms with Crippen molar-refractivity contribution in [1.29, 1.82) is 0 Å². The van der Waals surface area contributed by atoms with Crippen LogP contribution in [0.1, 0.15) is 0 Å². The van der Waals surface area contributed by atoms with E-state index in [1.54, 1.807) is 11.8 Å². The normalized spacial score (nSPS) is 9.31. The van der Waals surface area contributed by atoms with Gasteiger partial charge >= 0.3 is 5.17 Å². The molecule has 1 aromatic carbocycles. The van der Waals surface area contributed by atoms with Crippen LogP contribution < -0.4 is 0 Å². The maximum Gasteiger partial charge on any atom is 0.312 e. The van der Waals surface area contributed by atoms with Gasteiger partial charge in [-0.3, -0.25) is 9.48 Å². The fraction of sp³-hybridized carbons (Fsp3) is 0.364. The highest BCUT2D eigenvalue weighted by atomic mass is 127. The summed E-state index contributed by atoms with van der Waals surface area (Å²) in [6.45, 7) is 0. The minimum atomic E-state index is 0. The van der Waals surface area contributed by atoms with Gasteiger partial charge in [-0.05, 0) is 23.9 Å². The van der Waals surface area contributed by atoms with Crippen LogP contribution in [0.15, 0.2) is 29.2 Å². The van der Waals surface area contributed by atoms with Crippen LogP contribution in [0, 0.1) is 0 Å². The lowest BCUT2D eigenvalue weighted by atomic mass is 10.4. The summed E-state index contributed by atoms with van der Waals surface area (Å²) in [6, 6.07) is 7.88. The van der Waals surface area contributed by atoms with Gasteiger partial charge in [0.2, 0.25) is 0 Å². The third-order valence-electron chi connectivity index (χ3n) is 1.80. The van der Waals surface area contributed by atoms with Gasteiger partial charge in [-0.25, -0.2) is 0 Å². The fourth-order valence-electron chi connectivity index (χ4n) is 1.21. The Morgan fingerprint density at radius 1 is 1.25 bits per heavy atom. The predicted molar refractivity (Wildman–Crippen MR) is 83.5 cm³/mol. The molecule has 0 radical (unpaired) electrons. The molecule has 0 aliphatic carbocycles. The Morgan fingerprint density at radius 2 is 1.81 bits per heavy atom. The molecule has 1 rings (SSSR count). The molecule has 0 amide bonds. The van der Waals surface area contributed by atoms with Crippen molar-refractivity contribution in [3.05, 3.63) is 29.3 Å². The first-order valence-electron chi connectivity index (χ1n) is 4.66. The maximum atomic E-state index is 6.11. The predicted octanol–water partition coefficient (Wildman–Crippen LogP) is 3.24. The molecule has 0 fully saturated rings. The Hall–Kier alpha value is 0.0600. The van der Waals surface area contributed by atoms with Gasteiger partial charge in [0.1, 0.15) is 0 Å². The Bertz CT molecular complexity index is 376. The van der Waals surface area contributed by atoms with Crippen LogP contribution in [0.5, 0.6) is 0 Å². The Balaban J connectivity index is 0.00000225. The molecule has 90 valence electrons. The van der Waals surface area contributed by atoms with Crippen molar-refractivity contribution in [2.45, 2.75) is 4.90 Å². The van der Waals surface area contributed by atoms with E-state index in [9.17, 15) is 0 Å². The monoisotopic (exact) mass is 371 g/mol. The average molecular weight is 372 g/mol. The van der Waals surface area contributed by atoms with Gasteiger partial charge in [0.15, 0.2) is 0 Å². The summed E-state index contributed by atoms with van der Waals surface area (Å²) in [5, 5.41) is 1.95. The second-order valence-corrected chi connectivity index (χ2v) is 5.02. The lowest BCUT2D eigenvalue weighted by Crippen LogP contribution is -2.26. The minimum absolute atomic E-state index is 0. The first-order valence-corrected chi connectivity index (χ1v) is 5.86. The van der Waals surface area contributed by atoms with E-state index >= 15 is 0 Å². The SMILES string of the molecule is CN(C)C(Sc1ccccc1Cl)=[N+](C)C.I. The van der Waals surface area contributed by atoms with Gasteiger partial charge in [-0.15, -0.1) is 24.0 Å². The number of nitrogens with zero attached hydrogens (tertiary/aromatic N) is 2. The van der Waals surface area contributed by atoms with Crippen LogP contribution in [0.2, 0.25) is 5.02 Å². The second kappa shape index (κ2) is 7.40. The number of halogens is 2. The van der Waals surface area contributed by atoms with Gasteiger partial charge in [0, 0.05) is 4.90 Å². The van der Waals surface area contributed by atoms with Crippen LogP contribution in [-0.2, 0) is 0 Å². The molecule has 2 nitrogen and oxygen atoms in total. The topological polar surface area (TPSA) is 6.25 Å². The smallest absolute Gasteiger partial charge is 0.261 e. The van der Waals surface area contributed by atoms with Crippen molar-refractivity contribution < 1.29 is 4.58 Å². The molecule has 0 aliphatic rings. The Kier molecular flexibility index (Phi) is 7.43. The van der Waals surface area contributed by atoms with Crippen molar-refractivity contribution in [2.75, 3.05) is 28.2 Å². The zero-order valence-electron chi connectivity index (χ0n) is 9.90. The van der Waals surface area contributed by atoms with Crippen LogP contribution in [0.3, 0.4) is 0 Å². The largest absolute Gasteiger partial charge is 0.312 e.